The van der Waals surface area contributed by atoms with Crippen molar-refractivity contribution >= 4 is 29.4 Å². The fourth-order valence-corrected chi connectivity index (χ4v) is 4.02. The molecular formula is C26H28N2OS. The summed E-state index contributed by atoms with van der Waals surface area (Å²) in [6, 6.07) is 28.5. The van der Waals surface area contributed by atoms with Crippen molar-refractivity contribution in [3.63, 3.8) is 0 Å². The number of likely N-dealkylation sites (N-methyl/N-ethyl adjacent to an activating group) is 1. The Morgan fingerprint density at radius 1 is 0.833 bits per heavy atom. The van der Waals surface area contributed by atoms with Gasteiger partial charge in [-0.1, -0.05) is 72.8 Å². The highest BCUT2D eigenvalue weighted by Gasteiger charge is 2.17. The van der Waals surface area contributed by atoms with Crippen molar-refractivity contribution < 1.29 is 4.79 Å². The molecule has 0 aliphatic heterocycles. The molecule has 0 saturated carbocycles. The number of benzene rings is 3. The van der Waals surface area contributed by atoms with Gasteiger partial charge in [0, 0.05) is 29.8 Å². The van der Waals surface area contributed by atoms with Crippen LogP contribution in [-0.4, -0.2) is 38.0 Å². The zero-order valence-corrected chi connectivity index (χ0v) is 18.4. The number of para-hydroxylation sites is 1. The fourth-order valence-electron chi connectivity index (χ4n) is 3.01. The molecule has 0 spiro atoms. The van der Waals surface area contributed by atoms with E-state index in [-0.39, 0.29) is 5.91 Å². The van der Waals surface area contributed by atoms with Crippen LogP contribution >= 0.6 is 11.8 Å². The Labute approximate surface area is 184 Å². The Kier molecular flexibility index (Phi) is 8.30. The van der Waals surface area contributed by atoms with Crippen molar-refractivity contribution in [3.8, 4) is 0 Å². The molecule has 3 aromatic carbocycles. The molecule has 3 nitrogen and oxygen atoms in total. The molecule has 30 heavy (non-hydrogen) atoms. The first-order valence-corrected chi connectivity index (χ1v) is 11.1. The maximum absolute atomic E-state index is 13.2. The molecule has 3 rings (SSSR count). The van der Waals surface area contributed by atoms with Crippen LogP contribution in [0.2, 0.25) is 0 Å². The van der Waals surface area contributed by atoms with Crippen molar-refractivity contribution in [1.29, 1.82) is 0 Å². The second-order valence-electron chi connectivity index (χ2n) is 7.28. The summed E-state index contributed by atoms with van der Waals surface area (Å²) in [5.41, 5.74) is 3.25. The quantitative estimate of drug-likeness (QED) is 0.336. The lowest BCUT2D eigenvalue weighted by atomic mass is 10.2. The fraction of sp³-hybridized carbons (Fsp3) is 0.192. The van der Waals surface area contributed by atoms with Crippen LogP contribution in [0.15, 0.2) is 95.9 Å². The lowest BCUT2D eigenvalue weighted by Crippen LogP contribution is -2.36. The van der Waals surface area contributed by atoms with E-state index in [1.54, 1.807) is 17.8 Å². The monoisotopic (exact) mass is 416 g/mol. The van der Waals surface area contributed by atoms with Crippen LogP contribution in [0, 0.1) is 0 Å². The van der Waals surface area contributed by atoms with E-state index in [0.717, 1.165) is 28.4 Å². The summed E-state index contributed by atoms with van der Waals surface area (Å²) < 4.78 is 0. The van der Waals surface area contributed by atoms with Crippen LogP contribution in [-0.2, 0) is 10.5 Å². The van der Waals surface area contributed by atoms with Crippen LogP contribution in [0.1, 0.15) is 11.1 Å². The van der Waals surface area contributed by atoms with Crippen molar-refractivity contribution in [2.45, 2.75) is 10.6 Å². The molecule has 0 unspecified atom stereocenters. The molecule has 154 valence electrons. The standard InChI is InChI=1S/C26H28N2OS/c1-27(2)19-20-28(26(29)18-17-22-11-5-3-6-12-22)24-15-9-10-16-25(24)30-21-23-13-7-4-8-14-23/h3-18H,19-21H2,1-2H3/b18-17+. The van der Waals surface area contributed by atoms with Crippen LogP contribution in [0.5, 0.6) is 0 Å². The third kappa shape index (κ3) is 6.61. The third-order valence-electron chi connectivity index (χ3n) is 4.65. The molecule has 0 heterocycles. The first-order valence-electron chi connectivity index (χ1n) is 10.1. The van der Waals surface area contributed by atoms with Crippen LogP contribution in [0.4, 0.5) is 5.69 Å². The maximum atomic E-state index is 13.2. The molecule has 0 aliphatic carbocycles. The highest BCUT2D eigenvalue weighted by Crippen LogP contribution is 2.32. The summed E-state index contributed by atoms with van der Waals surface area (Å²) in [7, 11) is 4.05. The summed E-state index contributed by atoms with van der Waals surface area (Å²) in [5, 5.41) is 0. The Morgan fingerprint density at radius 3 is 2.17 bits per heavy atom. The molecule has 0 fully saturated rings. The van der Waals surface area contributed by atoms with Gasteiger partial charge in [0.2, 0.25) is 0 Å². The van der Waals surface area contributed by atoms with Crippen LogP contribution in [0.25, 0.3) is 6.08 Å². The van der Waals surface area contributed by atoms with Crippen molar-refractivity contribution in [2.24, 2.45) is 0 Å². The Hall–Kier alpha value is -2.82. The molecule has 0 saturated heterocycles. The molecular weight excluding hydrogens is 388 g/mol. The molecule has 0 N–H and O–H groups in total. The van der Waals surface area contributed by atoms with Gasteiger partial charge in [0.15, 0.2) is 0 Å². The number of anilines is 1. The highest BCUT2D eigenvalue weighted by atomic mass is 32.2. The smallest absolute Gasteiger partial charge is 0.251 e. The van der Waals surface area contributed by atoms with Crippen molar-refractivity contribution in [1.82, 2.24) is 4.90 Å². The number of nitrogens with zero attached hydrogens (tertiary/aromatic N) is 2. The van der Waals surface area contributed by atoms with E-state index in [0.29, 0.717) is 6.54 Å². The lowest BCUT2D eigenvalue weighted by Gasteiger charge is -2.25. The van der Waals surface area contributed by atoms with E-state index in [2.05, 4.69) is 35.2 Å². The molecule has 0 radical (unpaired) electrons. The summed E-state index contributed by atoms with van der Waals surface area (Å²) >= 11 is 1.76. The van der Waals surface area contributed by atoms with Gasteiger partial charge in [-0.05, 0) is 43.4 Å². The van der Waals surface area contributed by atoms with Gasteiger partial charge in [-0.25, -0.2) is 0 Å². The zero-order chi connectivity index (χ0) is 21.2. The van der Waals surface area contributed by atoms with Crippen LogP contribution in [0.3, 0.4) is 0 Å². The molecule has 0 aliphatic rings. The van der Waals surface area contributed by atoms with Crippen LogP contribution < -0.4 is 4.90 Å². The normalized spacial score (nSPS) is 11.2. The number of amides is 1. The zero-order valence-electron chi connectivity index (χ0n) is 17.6. The Bertz CT molecular complexity index is 955. The SMILES string of the molecule is CN(C)CCN(C(=O)/C=C/c1ccccc1)c1ccccc1SCc1ccccc1. The number of rotatable bonds is 9. The second-order valence-corrected chi connectivity index (χ2v) is 8.30. The van der Waals surface area contributed by atoms with Gasteiger partial charge < -0.3 is 9.80 Å². The average Bonchev–Trinajstić information content (AvgIpc) is 2.78. The molecule has 1 amide bonds. The minimum atomic E-state index is -0.00605. The minimum absolute atomic E-state index is 0.00605. The Morgan fingerprint density at radius 2 is 1.47 bits per heavy atom. The molecule has 0 bridgehead atoms. The van der Waals surface area contributed by atoms with Gasteiger partial charge >= 0.3 is 0 Å². The van der Waals surface area contributed by atoms with Gasteiger partial charge in [0.25, 0.3) is 5.91 Å². The number of carbonyl (C=O) groups excluding carboxylic acids is 1. The molecule has 4 heteroatoms. The first-order chi connectivity index (χ1) is 14.6. The molecule has 3 aromatic rings. The summed E-state index contributed by atoms with van der Waals surface area (Å²) in [6.45, 7) is 1.43. The van der Waals surface area contributed by atoms with Gasteiger partial charge in [0.05, 0.1) is 5.69 Å². The van der Waals surface area contributed by atoms with Crippen molar-refractivity contribution in [2.75, 3.05) is 32.1 Å². The lowest BCUT2D eigenvalue weighted by molar-refractivity contribution is -0.114. The van der Waals surface area contributed by atoms with Gasteiger partial charge in [-0.15, -0.1) is 11.8 Å². The summed E-state index contributed by atoms with van der Waals surface area (Å²) in [4.78, 5) is 18.3. The van der Waals surface area contributed by atoms with E-state index in [9.17, 15) is 4.79 Å². The number of carbonyl (C=O) groups is 1. The van der Waals surface area contributed by atoms with Gasteiger partial charge in [-0.3, -0.25) is 4.79 Å². The topological polar surface area (TPSA) is 23.6 Å². The van der Waals surface area contributed by atoms with Crippen molar-refractivity contribution in [3.05, 3.63) is 102 Å². The summed E-state index contributed by atoms with van der Waals surface area (Å²) in [6.07, 6.45) is 3.55. The average molecular weight is 417 g/mol. The number of thioether (sulfide) groups is 1. The predicted octanol–water partition coefficient (Wildman–Crippen LogP) is 5.59. The maximum Gasteiger partial charge on any atom is 0.251 e. The van der Waals surface area contributed by atoms with Gasteiger partial charge in [-0.2, -0.15) is 0 Å². The first kappa shape index (κ1) is 21.9. The van der Waals surface area contributed by atoms with E-state index >= 15 is 0 Å². The number of hydrogen-bond donors (Lipinski definition) is 0. The second kappa shape index (κ2) is 11.4. The highest BCUT2D eigenvalue weighted by molar-refractivity contribution is 7.98. The number of hydrogen-bond acceptors (Lipinski definition) is 3. The molecule has 0 atom stereocenters. The largest absolute Gasteiger partial charge is 0.308 e. The van der Waals surface area contributed by atoms with E-state index in [4.69, 9.17) is 0 Å². The minimum Gasteiger partial charge on any atom is -0.308 e. The predicted molar refractivity (Wildman–Crippen MR) is 129 cm³/mol. The van der Waals surface area contributed by atoms with Gasteiger partial charge in [0.1, 0.15) is 0 Å². The third-order valence-corrected chi connectivity index (χ3v) is 5.78. The Balaban J connectivity index is 1.82. The van der Waals surface area contributed by atoms with E-state index < -0.39 is 0 Å². The van der Waals surface area contributed by atoms with E-state index in [1.807, 2.05) is 79.7 Å². The molecule has 0 aromatic heterocycles. The van der Waals surface area contributed by atoms with E-state index in [1.165, 1.54) is 5.56 Å². The summed E-state index contributed by atoms with van der Waals surface area (Å²) in [5.74, 6) is 0.862.